The van der Waals surface area contributed by atoms with Crippen LogP contribution < -0.4 is 5.32 Å². The maximum absolute atomic E-state index is 10.8. The van der Waals surface area contributed by atoms with E-state index in [0.29, 0.717) is 13.0 Å². The van der Waals surface area contributed by atoms with Crippen LogP contribution in [-0.2, 0) is 16.1 Å². The molecule has 0 amide bonds. The highest BCUT2D eigenvalue weighted by molar-refractivity contribution is 5.85. The van der Waals surface area contributed by atoms with Gasteiger partial charge >= 0.3 is 5.97 Å². The van der Waals surface area contributed by atoms with Gasteiger partial charge < -0.3 is 10.1 Å². The van der Waals surface area contributed by atoms with E-state index in [1.165, 1.54) is 12.7 Å². The Morgan fingerprint density at radius 2 is 2.00 bits per heavy atom. The molecule has 0 saturated heterocycles. The van der Waals surface area contributed by atoms with Gasteiger partial charge in [-0.05, 0) is 5.56 Å². The van der Waals surface area contributed by atoms with Crippen molar-refractivity contribution in [1.29, 1.82) is 0 Å². The summed E-state index contributed by atoms with van der Waals surface area (Å²) in [5.74, 6) is -0.175. The van der Waals surface area contributed by atoms with Crippen LogP contribution in [0.25, 0.3) is 0 Å². The van der Waals surface area contributed by atoms with E-state index in [1.54, 1.807) is 0 Å². The first kappa shape index (κ1) is 13.9. The van der Waals surface area contributed by atoms with Crippen molar-refractivity contribution in [3.63, 3.8) is 0 Å². The number of hydrogen-bond donors (Lipinski definition) is 1. The number of halogens is 1. The minimum atomic E-state index is -0.175. The average molecular weight is 230 g/mol. The Hall–Kier alpha value is -1.06. The molecule has 0 fully saturated rings. The summed E-state index contributed by atoms with van der Waals surface area (Å²) in [6, 6.07) is 10.1. The summed E-state index contributed by atoms with van der Waals surface area (Å²) in [6.45, 7) is 1.44. The zero-order valence-electron chi connectivity index (χ0n) is 8.73. The van der Waals surface area contributed by atoms with Crippen LogP contribution in [0.5, 0.6) is 0 Å². The summed E-state index contributed by atoms with van der Waals surface area (Å²) in [5, 5.41) is 3.17. The summed E-state index contributed by atoms with van der Waals surface area (Å²) < 4.78 is 4.52. The Kier molecular flexibility index (Phi) is 7.68. The lowest BCUT2D eigenvalue weighted by Crippen LogP contribution is -2.18. The molecule has 1 rings (SSSR count). The second-order valence-electron chi connectivity index (χ2n) is 2.99. The zero-order chi connectivity index (χ0) is 10.2. The summed E-state index contributed by atoms with van der Waals surface area (Å²) in [6.07, 6.45) is 0.420. The topological polar surface area (TPSA) is 38.3 Å². The van der Waals surface area contributed by atoms with Crippen molar-refractivity contribution in [2.75, 3.05) is 13.7 Å². The maximum atomic E-state index is 10.8. The van der Waals surface area contributed by atoms with Crippen LogP contribution in [0, 0.1) is 0 Å². The van der Waals surface area contributed by atoms with Gasteiger partial charge in [0.1, 0.15) is 0 Å². The van der Waals surface area contributed by atoms with Crippen LogP contribution in [0.1, 0.15) is 12.0 Å². The molecular formula is C11H16ClNO2. The lowest BCUT2D eigenvalue weighted by Gasteiger charge is -2.03. The van der Waals surface area contributed by atoms with E-state index < -0.39 is 0 Å². The van der Waals surface area contributed by atoms with E-state index in [9.17, 15) is 4.79 Å². The third-order valence-corrected chi connectivity index (χ3v) is 1.91. The number of nitrogens with one attached hydrogen (secondary N) is 1. The third kappa shape index (κ3) is 6.10. The van der Waals surface area contributed by atoms with Gasteiger partial charge in [0.05, 0.1) is 13.5 Å². The summed E-state index contributed by atoms with van der Waals surface area (Å²) in [5.41, 5.74) is 1.22. The maximum Gasteiger partial charge on any atom is 0.306 e. The molecule has 0 aliphatic rings. The molecule has 0 unspecified atom stereocenters. The number of methoxy groups -OCH3 is 1. The standard InChI is InChI=1S/C11H15NO2.ClH/c1-14-11(13)7-8-12-9-10-5-3-2-4-6-10;/h2-6,12H,7-9H2,1H3;1H. The van der Waals surface area contributed by atoms with Gasteiger partial charge in [-0.25, -0.2) is 0 Å². The highest BCUT2D eigenvalue weighted by Crippen LogP contribution is 1.96. The first-order chi connectivity index (χ1) is 6.83. The van der Waals surface area contributed by atoms with Gasteiger partial charge in [-0.15, -0.1) is 12.4 Å². The van der Waals surface area contributed by atoms with E-state index in [2.05, 4.69) is 10.1 Å². The summed E-state index contributed by atoms with van der Waals surface area (Å²) in [7, 11) is 1.40. The SMILES string of the molecule is COC(=O)CCNCc1ccccc1.Cl. The first-order valence-corrected chi connectivity index (χ1v) is 4.64. The molecule has 0 atom stereocenters. The van der Waals surface area contributed by atoms with Crippen LogP contribution in [0.15, 0.2) is 30.3 Å². The first-order valence-electron chi connectivity index (χ1n) is 4.64. The van der Waals surface area contributed by atoms with Crippen molar-refractivity contribution in [1.82, 2.24) is 5.32 Å². The fraction of sp³-hybridized carbons (Fsp3) is 0.364. The molecule has 0 heterocycles. The highest BCUT2D eigenvalue weighted by atomic mass is 35.5. The smallest absolute Gasteiger partial charge is 0.306 e. The second kappa shape index (κ2) is 8.26. The predicted octanol–water partition coefficient (Wildman–Crippen LogP) is 1.76. The van der Waals surface area contributed by atoms with E-state index in [-0.39, 0.29) is 18.4 Å². The van der Waals surface area contributed by atoms with Crippen LogP contribution in [-0.4, -0.2) is 19.6 Å². The number of esters is 1. The Morgan fingerprint density at radius 1 is 1.33 bits per heavy atom. The lowest BCUT2D eigenvalue weighted by molar-refractivity contribution is -0.140. The Labute approximate surface area is 96.2 Å². The molecule has 4 heteroatoms. The number of carbonyl (C=O) groups excluding carboxylic acids is 1. The molecule has 1 aromatic rings. The van der Waals surface area contributed by atoms with E-state index in [4.69, 9.17) is 0 Å². The van der Waals surface area contributed by atoms with Gasteiger partial charge in [-0.2, -0.15) is 0 Å². The fourth-order valence-electron chi connectivity index (χ4n) is 1.12. The molecular weight excluding hydrogens is 214 g/mol. The van der Waals surface area contributed by atoms with Crippen LogP contribution in [0.2, 0.25) is 0 Å². The third-order valence-electron chi connectivity index (χ3n) is 1.91. The largest absolute Gasteiger partial charge is 0.469 e. The Bertz CT molecular complexity index is 277. The highest BCUT2D eigenvalue weighted by Gasteiger charge is 1.98. The molecule has 1 N–H and O–H groups in total. The molecule has 0 aliphatic heterocycles. The number of hydrogen-bond acceptors (Lipinski definition) is 3. The van der Waals surface area contributed by atoms with Crippen LogP contribution in [0.3, 0.4) is 0 Å². The minimum Gasteiger partial charge on any atom is -0.469 e. The van der Waals surface area contributed by atoms with E-state index >= 15 is 0 Å². The van der Waals surface area contributed by atoms with Crippen molar-refractivity contribution < 1.29 is 9.53 Å². The van der Waals surface area contributed by atoms with Crippen molar-refractivity contribution in [3.05, 3.63) is 35.9 Å². The summed E-state index contributed by atoms with van der Waals surface area (Å²) >= 11 is 0. The average Bonchev–Trinajstić information content (AvgIpc) is 2.25. The van der Waals surface area contributed by atoms with E-state index in [0.717, 1.165) is 6.54 Å². The molecule has 0 saturated carbocycles. The molecule has 84 valence electrons. The Balaban J connectivity index is 0.00000196. The number of ether oxygens (including phenoxy) is 1. The van der Waals surface area contributed by atoms with Crippen molar-refractivity contribution in [3.8, 4) is 0 Å². The quantitative estimate of drug-likeness (QED) is 0.618. The molecule has 0 radical (unpaired) electrons. The monoisotopic (exact) mass is 229 g/mol. The molecule has 1 aromatic carbocycles. The van der Waals surface area contributed by atoms with Crippen molar-refractivity contribution in [2.24, 2.45) is 0 Å². The van der Waals surface area contributed by atoms with Gasteiger partial charge in [0.2, 0.25) is 0 Å². The molecule has 0 aliphatic carbocycles. The Morgan fingerprint density at radius 3 is 2.60 bits per heavy atom. The van der Waals surface area contributed by atoms with Gasteiger partial charge in [0, 0.05) is 13.1 Å². The fourth-order valence-corrected chi connectivity index (χ4v) is 1.12. The van der Waals surface area contributed by atoms with E-state index in [1.807, 2.05) is 30.3 Å². The molecule has 0 spiro atoms. The van der Waals surface area contributed by atoms with Crippen molar-refractivity contribution in [2.45, 2.75) is 13.0 Å². The van der Waals surface area contributed by atoms with Gasteiger partial charge in [0.25, 0.3) is 0 Å². The van der Waals surface area contributed by atoms with Gasteiger partial charge in [-0.1, -0.05) is 30.3 Å². The molecule has 0 aromatic heterocycles. The van der Waals surface area contributed by atoms with Crippen molar-refractivity contribution >= 4 is 18.4 Å². The second-order valence-corrected chi connectivity index (χ2v) is 2.99. The van der Waals surface area contributed by atoms with Gasteiger partial charge in [-0.3, -0.25) is 4.79 Å². The van der Waals surface area contributed by atoms with Crippen LogP contribution in [0.4, 0.5) is 0 Å². The lowest BCUT2D eigenvalue weighted by atomic mass is 10.2. The van der Waals surface area contributed by atoms with Gasteiger partial charge in [0.15, 0.2) is 0 Å². The number of benzene rings is 1. The molecule has 3 nitrogen and oxygen atoms in total. The minimum absolute atomic E-state index is 0. The predicted molar refractivity (Wildman–Crippen MR) is 62.0 cm³/mol. The summed E-state index contributed by atoms with van der Waals surface area (Å²) in [4.78, 5) is 10.8. The number of rotatable bonds is 5. The molecule has 0 bridgehead atoms. The number of carbonyl (C=O) groups is 1. The molecule has 15 heavy (non-hydrogen) atoms. The normalized spacial score (nSPS) is 9.13. The van der Waals surface area contributed by atoms with Crippen LogP contribution >= 0.6 is 12.4 Å². The zero-order valence-corrected chi connectivity index (χ0v) is 9.55.